The third kappa shape index (κ3) is 3.83. The molecule has 1 aliphatic carbocycles. The Kier molecular flexibility index (Phi) is 6.41. The monoisotopic (exact) mass is 440 g/mol. The van der Waals surface area contributed by atoms with Gasteiger partial charge in [0.15, 0.2) is 5.84 Å². The maximum absolute atomic E-state index is 6.40. The summed E-state index contributed by atoms with van der Waals surface area (Å²) >= 11 is 0. The predicted octanol–water partition coefficient (Wildman–Crippen LogP) is 3.46. The van der Waals surface area contributed by atoms with Gasteiger partial charge in [0.25, 0.3) is 0 Å². The number of amidine groups is 1. The molecular weight excluding hydrogens is 408 g/mol. The van der Waals surface area contributed by atoms with Gasteiger partial charge in [-0.1, -0.05) is 18.0 Å². The molecule has 0 amide bonds. The highest BCUT2D eigenvalue weighted by Gasteiger charge is 2.52. The van der Waals surface area contributed by atoms with Crippen LogP contribution in [0.15, 0.2) is 35.6 Å². The van der Waals surface area contributed by atoms with E-state index >= 15 is 0 Å². The van der Waals surface area contributed by atoms with E-state index in [-0.39, 0.29) is 0 Å². The largest absolute Gasteiger partial charge is 0.497 e. The van der Waals surface area contributed by atoms with E-state index in [4.69, 9.17) is 24.8 Å². The van der Waals surface area contributed by atoms with Gasteiger partial charge in [-0.2, -0.15) is 0 Å². The summed E-state index contributed by atoms with van der Waals surface area (Å²) in [5.74, 6) is 3.10. The van der Waals surface area contributed by atoms with E-state index in [1.54, 1.807) is 27.5 Å². The van der Waals surface area contributed by atoms with Crippen LogP contribution in [-0.4, -0.2) is 49.3 Å². The van der Waals surface area contributed by atoms with Crippen molar-refractivity contribution in [3.05, 3.63) is 47.2 Å². The van der Waals surface area contributed by atoms with Gasteiger partial charge in [-0.25, -0.2) is 4.98 Å². The number of ether oxygens (including phenoxy) is 3. The number of nitrogens with two attached hydrogens (primary N) is 1. The SMILES string of the molecule is COc1ccc(CN2C(c3cnc(OC)c(C)c3)=NOC2(CN)C2CCCC2)c(OC)c1. The first-order chi connectivity index (χ1) is 15.6. The molecule has 1 saturated carbocycles. The minimum absolute atomic E-state index is 0.297. The first-order valence-corrected chi connectivity index (χ1v) is 11.0. The van der Waals surface area contributed by atoms with Crippen LogP contribution in [0.3, 0.4) is 0 Å². The molecule has 1 unspecified atom stereocenters. The zero-order valence-electron chi connectivity index (χ0n) is 19.3. The molecule has 2 N–H and O–H groups in total. The molecule has 1 aromatic carbocycles. The van der Waals surface area contributed by atoms with Crippen LogP contribution in [0.1, 0.15) is 42.4 Å². The molecule has 2 aromatic rings. The number of hydrogen-bond acceptors (Lipinski definition) is 8. The van der Waals surface area contributed by atoms with Crippen molar-refractivity contribution in [2.75, 3.05) is 27.9 Å². The van der Waals surface area contributed by atoms with Crippen molar-refractivity contribution in [1.82, 2.24) is 9.88 Å². The number of aryl methyl sites for hydroxylation is 1. The van der Waals surface area contributed by atoms with Crippen molar-refractivity contribution >= 4 is 5.84 Å². The lowest BCUT2D eigenvalue weighted by Crippen LogP contribution is -2.57. The molecule has 1 fully saturated rings. The highest BCUT2D eigenvalue weighted by atomic mass is 16.7. The van der Waals surface area contributed by atoms with Crippen LogP contribution in [0.4, 0.5) is 0 Å². The third-order valence-corrected chi connectivity index (χ3v) is 6.59. The average Bonchev–Trinajstić information content (AvgIpc) is 3.48. The number of methoxy groups -OCH3 is 3. The lowest BCUT2D eigenvalue weighted by molar-refractivity contribution is -0.134. The van der Waals surface area contributed by atoms with Crippen LogP contribution < -0.4 is 19.9 Å². The van der Waals surface area contributed by atoms with E-state index in [2.05, 4.69) is 15.0 Å². The summed E-state index contributed by atoms with van der Waals surface area (Å²) in [5, 5.41) is 4.55. The van der Waals surface area contributed by atoms with Gasteiger partial charge in [-0.15, -0.1) is 0 Å². The normalized spacial score (nSPS) is 20.8. The second-order valence-electron chi connectivity index (χ2n) is 8.35. The highest BCUT2D eigenvalue weighted by molar-refractivity contribution is 5.99. The Morgan fingerprint density at radius 1 is 1.12 bits per heavy atom. The van der Waals surface area contributed by atoms with Crippen LogP contribution in [0.2, 0.25) is 0 Å². The van der Waals surface area contributed by atoms with Crippen LogP contribution in [0.5, 0.6) is 17.4 Å². The number of oxime groups is 1. The summed E-state index contributed by atoms with van der Waals surface area (Å²) in [6.45, 7) is 2.84. The Balaban J connectivity index is 1.76. The molecule has 8 heteroatoms. The van der Waals surface area contributed by atoms with Gasteiger partial charge < -0.3 is 29.7 Å². The summed E-state index contributed by atoms with van der Waals surface area (Å²) in [6, 6.07) is 7.86. The van der Waals surface area contributed by atoms with E-state index in [9.17, 15) is 0 Å². The maximum Gasteiger partial charge on any atom is 0.226 e. The lowest BCUT2D eigenvalue weighted by Gasteiger charge is -2.41. The standard InChI is InChI=1S/C24H32N4O4/c1-16-11-18(13-26-23(16)31-4)22-27-32-24(15-25,19-7-5-6-8-19)28(22)14-17-9-10-20(29-2)12-21(17)30-3/h9-13,19H,5-8,14-15,25H2,1-4H3. The molecule has 0 spiro atoms. The molecule has 4 rings (SSSR count). The molecule has 1 aromatic heterocycles. The molecule has 2 heterocycles. The van der Waals surface area contributed by atoms with Crippen LogP contribution in [0.25, 0.3) is 0 Å². The molecule has 2 aliphatic rings. The van der Waals surface area contributed by atoms with Gasteiger partial charge in [0.1, 0.15) is 11.5 Å². The van der Waals surface area contributed by atoms with Crippen LogP contribution >= 0.6 is 0 Å². The van der Waals surface area contributed by atoms with Crippen molar-refractivity contribution in [3.63, 3.8) is 0 Å². The zero-order valence-corrected chi connectivity index (χ0v) is 19.3. The highest BCUT2D eigenvalue weighted by Crippen LogP contribution is 2.43. The molecule has 1 atom stereocenters. The van der Waals surface area contributed by atoms with E-state index in [0.29, 0.717) is 24.9 Å². The summed E-state index contributed by atoms with van der Waals surface area (Å²) < 4.78 is 16.4. The third-order valence-electron chi connectivity index (χ3n) is 6.59. The van der Waals surface area contributed by atoms with Crippen LogP contribution in [-0.2, 0) is 11.4 Å². The molecule has 0 saturated heterocycles. The fourth-order valence-electron chi connectivity index (χ4n) is 4.85. The van der Waals surface area contributed by atoms with E-state index in [0.717, 1.165) is 46.9 Å². The molecule has 32 heavy (non-hydrogen) atoms. The number of nitrogens with zero attached hydrogens (tertiary/aromatic N) is 3. The number of hydrogen-bond donors (Lipinski definition) is 1. The van der Waals surface area contributed by atoms with Crippen molar-refractivity contribution < 1.29 is 19.0 Å². The van der Waals surface area contributed by atoms with Gasteiger partial charge in [0, 0.05) is 34.9 Å². The van der Waals surface area contributed by atoms with E-state index in [1.165, 1.54) is 12.8 Å². The molecule has 172 valence electrons. The average molecular weight is 441 g/mol. The summed E-state index contributed by atoms with van der Waals surface area (Å²) in [7, 11) is 4.93. The van der Waals surface area contributed by atoms with Crippen molar-refractivity contribution in [2.24, 2.45) is 16.8 Å². The second-order valence-corrected chi connectivity index (χ2v) is 8.35. The Hall–Kier alpha value is -3.00. The van der Waals surface area contributed by atoms with E-state index in [1.807, 2.05) is 31.2 Å². The van der Waals surface area contributed by atoms with Gasteiger partial charge in [-0.05, 0) is 38.0 Å². The fraction of sp³-hybridized carbons (Fsp3) is 0.500. The number of rotatable bonds is 8. The zero-order chi connectivity index (χ0) is 22.7. The molecule has 8 nitrogen and oxygen atoms in total. The Morgan fingerprint density at radius 3 is 2.53 bits per heavy atom. The second kappa shape index (κ2) is 9.24. The van der Waals surface area contributed by atoms with Crippen molar-refractivity contribution in [2.45, 2.75) is 44.9 Å². The molecule has 0 radical (unpaired) electrons. The number of pyridine rings is 1. The van der Waals surface area contributed by atoms with Gasteiger partial charge in [0.05, 0.1) is 34.4 Å². The van der Waals surface area contributed by atoms with Gasteiger partial charge in [-0.3, -0.25) is 0 Å². The van der Waals surface area contributed by atoms with E-state index < -0.39 is 5.72 Å². The minimum atomic E-state index is -0.704. The predicted molar refractivity (Wildman–Crippen MR) is 122 cm³/mol. The summed E-state index contributed by atoms with van der Waals surface area (Å²) in [4.78, 5) is 12.8. The topological polar surface area (TPSA) is 91.4 Å². The maximum atomic E-state index is 6.40. The van der Waals surface area contributed by atoms with Crippen LogP contribution in [0, 0.1) is 12.8 Å². The quantitative estimate of drug-likeness (QED) is 0.672. The lowest BCUT2D eigenvalue weighted by atomic mass is 9.91. The summed E-state index contributed by atoms with van der Waals surface area (Å²) in [6.07, 6.45) is 6.25. The van der Waals surface area contributed by atoms with Crippen molar-refractivity contribution in [1.29, 1.82) is 0 Å². The minimum Gasteiger partial charge on any atom is -0.497 e. The Morgan fingerprint density at radius 2 is 1.91 bits per heavy atom. The number of aromatic nitrogens is 1. The number of benzene rings is 1. The van der Waals surface area contributed by atoms with Gasteiger partial charge in [0.2, 0.25) is 11.6 Å². The fourth-order valence-corrected chi connectivity index (χ4v) is 4.85. The molecular formula is C24H32N4O4. The molecule has 0 bridgehead atoms. The summed E-state index contributed by atoms with van der Waals surface area (Å²) in [5.41, 5.74) is 8.49. The first kappa shape index (κ1) is 22.2. The van der Waals surface area contributed by atoms with Gasteiger partial charge >= 0.3 is 0 Å². The smallest absolute Gasteiger partial charge is 0.226 e. The molecule has 1 aliphatic heterocycles. The van der Waals surface area contributed by atoms with Crippen molar-refractivity contribution in [3.8, 4) is 17.4 Å². The Labute approximate surface area is 189 Å². The first-order valence-electron chi connectivity index (χ1n) is 11.0. The Bertz CT molecular complexity index is 990.